The first kappa shape index (κ1) is 21.9. The molecule has 1 aliphatic rings. The summed E-state index contributed by atoms with van der Waals surface area (Å²) in [7, 11) is 1.26. The van der Waals surface area contributed by atoms with Gasteiger partial charge in [-0.25, -0.2) is 0 Å². The molecule has 0 aliphatic carbocycles. The van der Waals surface area contributed by atoms with E-state index < -0.39 is 29.9 Å². The minimum atomic E-state index is -4.44. The fraction of sp³-hybridized carbons (Fsp3) is 0.348. The van der Waals surface area contributed by atoms with E-state index in [2.05, 4.69) is 0 Å². The van der Waals surface area contributed by atoms with Crippen LogP contribution in [-0.4, -0.2) is 26.0 Å². The summed E-state index contributed by atoms with van der Waals surface area (Å²) in [5.41, 5.74) is 0.871. The second kappa shape index (κ2) is 9.34. The predicted molar refractivity (Wildman–Crippen MR) is 107 cm³/mol. The summed E-state index contributed by atoms with van der Waals surface area (Å²) in [6, 6.07) is 11.9. The van der Waals surface area contributed by atoms with Crippen molar-refractivity contribution < 1.29 is 32.2 Å². The molecule has 0 radical (unpaired) electrons. The van der Waals surface area contributed by atoms with E-state index >= 15 is 0 Å². The van der Waals surface area contributed by atoms with Crippen LogP contribution in [0.5, 0.6) is 5.75 Å². The van der Waals surface area contributed by atoms with E-state index in [1.54, 1.807) is 18.2 Å². The molecule has 160 valence electrons. The van der Waals surface area contributed by atoms with Gasteiger partial charge in [0.1, 0.15) is 11.7 Å². The van der Waals surface area contributed by atoms with E-state index in [1.807, 2.05) is 19.1 Å². The smallest absolute Gasteiger partial charge is 0.416 e. The van der Waals surface area contributed by atoms with Crippen molar-refractivity contribution in [2.75, 3.05) is 13.7 Å². The van der Waals surface area contributed by atoms with E-state index in [4.69, 9.17) is 14.2 Å². The summed E-state index contributed by atoms with van der Waals surface area (Å²) in [4.78, 5) is 12.7. The fourth-order valence-corrected chi connectivity index (χ4v) is 3.26. The van der Waals surface area contributed by atoms with Gasteiger partial charge in [-0.05, 0) is 41.8 Å². The number of fused-ring (bicyclic) bond motifs is 1. The highest BCUT2D eigenvalue weighted by Crippen LogP contribution is 2.39. The van der Waals surface area contributed by atoms with Gasteiger partial charge in [-0.1, -0.05) is 43.7 Å². The lowest BCUT2D eigenvalue weighted by molar-refractivity contribution is -0.160. The largest absolute Gasteiger partial charge is 0.468 e. The molecule has 0 bridgehead atoms. The minimum absolute atomic E-state index is 0.372. The second-order valence-electron chi connectivity index (χ2n) is 6.92. The summed E-state index contributed by atoms with van der Waals surface area (Å²) < 4.78 is 55.9. The van der Waals surface area contributed by atoms with Crippen LogP contribution in [0.15, 0.2) is 48.5 Å². The number of hydrogen-bond donors (Lipinski definition) is 0. The SMILES string of the molecule is CCCCO[C@H]1Oc2ccccc2C=C(c2ccc(C(F)(F)F)cc2)[C@@H]1C(=O)OC. The number of carbonyl (C=O) groups is 1. The van der Waals surface area contributed by atoms with Crippen LogP contribution in [0, 0.1) is 5.92 Å². The number of hydrogen-bond acceptors (Lipinski definition) is 4. The standard InChI is InChI=1S/C23H23F3O4/c1-3-4-13-29-22-20(21(27)28-2)18(14-16-7-5-6-8-19(16)30-22)15-9-11-17(12-10-15)23(24,25)26/h5-12,14,20,22H,3-4,13H2,1-2H3/t20-,22+/m1/s1. The maximum Gasteiger partial charge on any atom is 0.416 e. The van der Waals surface area contributed by atoms with Crippen molar-refractivity contribution in [2.45, 2.75) is 32.2 Å². The molecule has 0 spiro atoms. The summed E-state index contributed by atoms with van der Waals surface area (Å²) in [5, 5.41) is 0. The second-order valence-corrected chi connectivity index (χ2v) is 6.92. The minimum Gasteiger partial charge on any atom is -0.468 e. The molecule has 0 saturated heterocycles. The van der Waals surface area contributed by atoms with Crippen LogP contribution in [0.4, 0.5) is 13.2 Å². The molecule has 2 atom stereocenters. The van der Waals surface area contributed by atoms with Crippen molar-refractivity contribution in [1.82, 2.24) is 0 Å². The lowest BCUT2D eigenvalue weighted by Gasteiger charge is -2.26. The van der Waals surface area contributed by atoms with Crippen molar-refractivity contribution in [3.8, 4) is 5.75 Å². The number of carbonyl (C=O) groups excluding carboxylic acids is 1. The van der Waals surface area contributed by atoms with Crippen LogP contribution >= 0.6 is 0 Å². The van der Waals surface area contributed by atoms with Crippen LogP contribution in [0.1, 0.15) is 36.5 Å². The molecule has 1 heterocycles. The number of halogens is 3. The monoisotopic (exact) mass is 420 g/mol. The third-order valence-electron chi connectivity index (χ3n) is 4.86. The average Bonchev–Trinajstić information content (AvgIpc) is 2.89. The molecule has 2 aromatic rings. The van der Waals surface area contributed by atoms with Crippen molar-refractivity contribution in [2.24, 2.45) is 5.92 Å². The number of methoxy groups -OCH3 is 1. The summed E-state index contributed by atoms with van der Waals surface area (Å²) in [5.74, 6) is -1.03. The normalized spacial score (nSPS) is 18.6. The Kier molecular flexibility index (Phi) is 6.82. The highest BCUT2D eigenvalue weighted by Gasteiger charge is 2.38. The zero-order valence-electron chi connectivity index (χ0n) is 16.7. The van der Waals surface area contributed by atoms with Gasteiger partial charge in [0, 0.05) is 5.56 Å². The molecular formula is C23H23F3O4. The first-order valence-electron chi connectivity index (χ1n) is 9.69. The van der Waals surface area contributed by atoms with Gasteiger partial charge >= 0.3 is 12.1 Å². The molecule has 0 saturated carbocycles. The van der Waals surface area contributed by atoms with Crippen LogP contribution in [0.2, 0.25) is 0 Å². The lowest BCUT2D eigenvalue weighted by Crippen LogP contribution is -2.36. The highest BCUT2D eigenvalue weighted by molar-refractivity contribution is 5.96. The van der Waals surface area contributed by atoms with E-state index in [1.165, 1.54) is 19.2 Å². The fourth-order valence-electron chi connectivity index (χ4n) is 3.26. The molecule has 0 aromatic heterocycles. The summed E-state index contributed by atoms with van der Waals surface area (Å²) in [6.07, 6.45) is -2.01. The van der Waals surface area contributed by atoms with E-state index in [-0.39, 0.29) is 0 Å². The predicted octanol–water partition coefficient (Wildman–Crippen LogP) is 5.57. The molecule has 0 amide bonds. The number of esters is 1. The third kappa shape index (κ3) is 4.84. The van der Waals surface area contributed by atoms with Gasteiger partial charge in [-0.15, -0.1) is 0 Å². The first-order chi connectivity index (χ1) is 14.3. The van der Waals surface area contributed by atoms with Gasteiger partial charge < -0.3 is 14.2 Å². The first-order valence-corrected chi connectivity index (χ1v) is 9.69. The Labute approximate surface area is 173 Å². The van der Waals surface area contributed by atoms with Gasteiger partial charge in [0.25, 0.3) is 0 Å². The number of para-hydroxylation sites is 1. The van der Waals surface area contributed by atoms with Gasteiger partial charge in [-0.2, -0.15) is 13.2 Å². The molecule has 0 fully saturated rings. The van der Waals surface area contributed by atoms with Crippen molar-refractivity contribution >= 4 is 17.6 Å². The van der Waals surface area contributed by atoms with Crippen molar-refractivity contribution in [3.05, 3.63) is 65.2 Å². The number of benzene rings is 2. The molecule has 7 heteroatoms. The number of unbranched alkanes of at least 4 members (excludes halogenated alkanes) is 1. The zero-order chi connectivity index (χ0) is 21.7. The van der Waals surface area contributed by atoms with Gasteiger partial charge in [0.05, 0.1) is 19.3 Å². The Morgan fingerprint density at radius 2 is 1.80 bits per heavy atom. The Balaban J connectivity index is 2.09. The van der Waals surface area contributed by atoms with Gasteiger partial charge in [0.15, 0.2) is 0 Å². The zero-order valence-corrected chi connectivity index (χ0v) is 16.7. The van der Waals surface area contributed by atoms with Gasteiger partial charge in [-0.3, -0.25) is 4.79 Å². The van der Waals surface area contributed by atoms with Gasteiger partial charge in [0.2, 0.25) is 6.29 Å². The van der Waals surface area contributed by atoms with Crippen molar-refractivity contribution in [1.29, 1.82) is 0 Å². The molecule has 2 aromatic carbocycles. The Hall–Kier alpha value is -2.80. The van der Waals surface area contributed by atoms with E-state index in [0.717, 1.165) is 25.0 Å². The van der Waals surface area contributed by atoms with Crippen LogP contribution in [0.25, 0.3) is 11.6 Å². The molecule has 0 N–H and O–H groups in total. The maximum atomic E-state index is 13.0. The Bertz CT molecular complexity index is 903. The molecule has 30 heavy (non-hydrogen) atoms. The van der Waals surface area contributed by atoms with E-state index in [9.17, 15) is 18.0 Å². The van der Waals surface area contributed by atoms with Crippen LogP contribution < -0.4 is 4.74 Å². The Morgan fingerprint density at radius 3 is 2.43 bits per heavy atom. The third-order valence-corrected chi connectivity index (χ3v) is 4.86. The van der Waals surface area contributed by atoms with Crippen molar-refractivity contribution in [3.63, 3.8) is 0 Å². The Morgan fingerprint density at radius 1 is 1.10 bits per heavy atom. The number of alkyl halides is 3. The maximum absolute atomic E-state index is 13.0. The molecular weight excluding hydrogens is 397 g/mol. The quantitative estimate of drug-likeness (QED) is 0.453. The summed E-state index contributed by atoms with van der Waals surface area (Å²) in [6.45, 7) is 2.38. The molecule has 0 unspecified atom stereocenters. The topological polar surface area (TPSA) is 44.8 Å². The van der Waals surface area contributed by atoms with Crippen LogP contribution in [-0.2, 0) is 20.4 Å². The van der Waals surface area contributed by atoms with Crippen LogP contribution in [0.3, 0.4) is 0 Å². The highest BCUT2D eigenvalue weighted by atomic mass is 19.4. The lowest BCUT2D eigenvalue weighted by atomic mass is 9.90. The molecule has 1 aliphatic heterocycles. The van der Waals surface area contributed by atoms with E-state index in [0.29, 0.717) is 29.1 Å². The molecule has 3 rings (SSSR count). The molecule has 4 nitrogen and oxygen atoms in total. The summed E-state index contributed by atoms with van der Waals surface area (Å²) >= 11 is 0. The number of rotatable bonds is 6. The average molecular weight is 420 g/mol. The number of ether oxygens (including phenoxy) is 3.